The first-order valence-electron chi connectivity index (χ1n) is 8.57. The summed E-state index contributed by atoms with van der Waals surface area (Å²) >= 11 is 0. The summed E-state index contributed by atoms with van der Waals surface area (Å²) in [5.41, 5.74) is 2.10. The standard InChI is InChI=1S/C18H36OSi/c1-15-16(19-20)13-11-9-7-6-8-10-12-14-18(15,5)17(2,3)4/h6-14H2,1-5,20H3. The third-order valence-electron chi connectivity index (χ3n) is 5.73. The van der Waals surface area contributed by atoms with E-state index < -0.39 is 0 Å². The molecular weight excluding hydrogens is 260 g/mol. The van der Waals surface area contributed by atoms with Gasteiger partial charge in [-0.15, -0.1) is 0 Å². The van der Waals surface area contributed by atoms with Gasteiger partial charge in [0.15, 0.2) is 0 Å². The molecule has 0 fully saturated rings. The molecule has 0 aromatic rings. The first-order valence-corrected chi connectivity index (χ1v) is 9.39. The molecule has 1 rings (SSSR count). The van der Waals surface area contributed by atoms with Gasteiger partial charge in [0.2, 0.25) is 10.5 Å². The Morgan fingerprint density at radius 3 is 1.95 bits per heavy atom. The first-order chi connectivity index (χ1) is 9.33. The average Bonchev–Trinajstić information content (AvgIpc) is 2.37. The maximum Gasteiger partial charge on any atom is 0.203 e. The number of rotatable bonds is 1. The molecular formula is C18H36OSi. The fraction of sp³-hybridized carbons (Fsp3) is 0.889. The van der Waals surface area contributed by atoms with Crippen molar-refractivity contribution in [3.05, 3.63) is 11.3 Å². The Balaban J connectivity index is 3.07. The van der Waals surface area contributed by atoms with Gasteiger partial charge < -0.3 is 4.43 Å². The van der Waals surface area contributed by atoms with Crippen LogP contribution < -0.4 is 0 Å². The van der Waals surface area contributed by atoms with Gasteiger partial charge in [-0.3, -0.25) is 0 Å². The van der Waals surface area contributed by atoms with Gasteiger partial charge in [0, 0.05) is 6.42 Å². The van der Waals surface area contributed by atoms with Crippen LogP contribution in [0.3, 0.4) is 0 Å². The minimum Gasteiger partial charge on any atom is -0.556 e. The van der Waals surface area contributed by atoms with Crippen LogP contribution in [0, 0.1) is 10.8 Å². The lowest BCUT2D eigenvalue weighted by Crippen LogP contribution is -2.35. The monoisotopic (exact) mass is 296 g/mol. The summed E-state index contributed by atoms with van der Waals surface area (Å²) in [5, 5.41) is 0. The maximum atomic E-state index is 5.92. The van der Waals surface area contributed by atoms with Crippen molar-refractivity contribution in [2.24, 2.45) is 10.8 Å². The van der Waals surface area contributed by atoms with Crippen LogP contribution in [0.25, 0.3) is 0 Å². The van der Waals surface area contributed by atoms with Crippen LogP contribution in [0.1, 0.15) is 92.4 Å². The van der Waals surface area contributed by atoms with E-state index in [1.165, 1.54) is 62.7 Å². The zero-order valence-electron chi connectivity index (χ0n) is 14.8. The second-order valence-corrected chi connectivity index (χ2v) is 8.22. The maximum absolute atomic E-state index is 5.92. The number of hydrogen-bond donors (Lipinski definition) is 0. The normalized spacial score (nSPS) is 27.9. The Hall–Kier alpha value is -0.243. The topological polar surface area (TPSA) is 9.23 Å². The second kappa shape index (κ2) is 7.68. The van der Waals surface area contributed by atoms with Crippen molar-refractivity contribution in [1.82, 2.24) is 0 Å². The van der Waals surface area contributed by atoms with Crippen LogP contribution >= 0.6 is 0 Å². The third kappa shape index (κ3) is 4.38. The molecule has 1 unspecified atom stereocenters. The molecule has 0 saturated heterocycles. The number of hydrogen-bond acceptors (Lipinski definition) is 1. The predicted octanol–water partition coefficient (Wildman–Crippen LogP) is 5.13. The quantitative estimate of drug-likeness (QED) is 0.609. The van der Waals surface area contributed by atoms with Crippen LogP contribution in [0.15, 0.2) is 11.3 Å². The van der Waals surface area contributed by atoms with Crippen LogP contribution in [0.5, 0.6) is 0 Å². The molecule has 1 nitrogen and oxygen atoms in total. The van der Waals surface area contributed by atoms with E-state index in [0.717, 1.165) is 16.9 Å². The highest BCUT2D eigenvalue weighted by Gasteiger charge is 2.39. The van der Waals surface area contributed by atoms with Crippen LogP contribution in [0.4, 0.5) is 0 Å². The lowest BCUT2D eigenvalue weighted by atomic mass is 9.61. The molecule has 1 atom stereocenters. The van der Waals surface area contributed by atoms with Crippen molar-refractivity contribution in [3.63, 3.8) is 0 Å². The molecule has 0 amide bonds. The van der Waals surface area contributed by atoms with E-state index in [4.69, 9.17) is 4.43 Å². The smallest absolute Gasteiger partial charge is 0.203 e. The van der Waals surface area contributed by atoms with Crippen molar-refractivity contribution in [1.29, 1.82) is 0 Å². The van der Waals surface area contributed by atoms with Gasteiger partial charge >= 0.3 is 0 Å². The van der Waals surface area contributed by atoms with Gasteiger partial charge in [0.1, 0.15) is 0 Å². The Kier molecular flexibility index (Phi) is 6.83. The molecule has 1 aliphatic carbocycles. The molecule has 118 valence electrons. The van der Waals surface area contributed by atoms with Gasteiger partial charge in [0.05, 0.1) is 5.76 Å². The second-order valence-electron chi connectivity index (χ2n) is 7.81. The summed E-state index contributed by atoms with van der Waals surface area (Å²) in [5.74, 6) is 1.31. The van der Waals surface area contributed by atoms with Crippen molar-refractivity contribution < 1.29 is 4.43 Å². The van der Waals surface area contributed by atoms with E-state index in [9.17, 15) is 0 Å². The highest BCUT2D eigenvalue weighted by molar-refractivity contribution is 5.98. The Morgan fingerprint density at radius 1 is 0.950 bits per heavy atom. The minimum atomic E-state index is 0.270. The highest BCUT2D eigenvalue weighted by atomic mass is 28.2. The predicted molar refractivity (Wildman–Crippen MR) is 92.8 cm³/mol. The van der Waals surface area contributed by atoms with E-state index in [1.54, 1.807) is 0 Å². The molecule has 0 radical (unpaired) electrons. The van der Waals surface area contributed by atoms with Gasteiger partial charge in [0.25, 0.3) is 0 Å². The summed E-state index contributed by atoms with van der Waals surface area (Å²) in [4.78, 5) is 0. The highest BCUT2D eigenvalue weighted by Crippen LogP contribution is 2.49. The Labute approximate surface area is 130 Å². The van der Waals surface area contributed by atoms with E-state index in [0.29, 0.717) is 5.41 Å². The van der Waals surface area contributed by atoms with E-state index >= 15 is 0 Å². The summed E-state index contributed by atoms with van der Waals surface area (Å²) in [6.07, 6.45) is 12.1. The van der Waals surface area contributed by atoms with Crippen molar-refractivity contribution in [2.45, 2.75) is 92.4 Å². The molecule has 0 N–H and O–H groups in total. The van der Waals surface area contributed by atoms with Gasteiger partial charge in [-0.2, -0.15) is 0 Å². The molecule has 0 spiro atoms. The molecule has 0 aromatic heterocycles. The molecule has 0 bridgehead atoms. The van der Waals surface area contributed by atoms with E-state index in [1.807, 2.05) is 0 Å². The molecule has 0 heterocycles. The van der Waals surface area contributed by atoms with E-state index in [2.05, 4.69) is 34.6 Å². The summed E-state index contributed by atoms with van der Waals surface area (Å²) in [7, 11) is 0.820. The summed E-state index contributed by atoms with van der Waals surface area (Å²) in [6.45, 7) is 12.0. The van der Waals surface area contributed by atoms with Crippen LogP contribution in [-0.2, 0) is 4.43 Å². The molecule has 2 heteroatoms. The SMILES string of the molecule is CC1=C(O[SiH3])CCCCCCCCCC1(C)C(C)(C)C. The lowest BCUT2D eigenvalue weighted by Gasteiger charge is -2.44. The average molecular weight is 297 g/mol. The van der Waals surface area contributed by atoms with Gasteiger partial charge in [-0.25, -0.2) is 0 Å². The molecule has 1 aliphatic rings. The Morgan fingerprint density at radius 2 is 1.45 bits per heavy atom. The fourth-order valence-electron chi connectivity index (χ4n) is 3.52. The van der Waals surface area contributed by atoms with Crippen molar-refractivity contribution in [2.75, 3.05) is 0 Å². The fourth-order valence-corrected chi connectivity index (χ4v) is 4.03. The summed E-state index contributed by atoms with van der Waals surface area (Å²) in [6, 6.07) is 0. The lowest BCUT2D eigenvalue weighted by molar-refractivity contribution is 0.129. The summed E-state index contributed by atoms with van der Waals surface area (Å²) < 4.78 is 5.92. The first kappa shape index (κ1) is 17.8. The van der Waals surface area contributed by atoms with Gasteiger partial charge in [-0.05, 0) is 36.2 Å². The van der Waals surface area contributed by atoms with Crippen molar-refractivity contribution in [3.8, 4) is 0 Å². The molecule has 0 aliphatic heterocycles. The molecule has 20 heavy (non-hydrogen) atoms. The van der Waals surface area contributed by atoms with Gasteiger partial charge in [-0.1, -0.05) is 66.2 Å². The van der Waals surface area contributed by atoms with E-state index in [-0.39, 0.29) is 5.41 Å². The van der Waals surface area contributed by atoms with Crippen molar-refractivity contribution >= 4 is 10.5 Å². The van der Waals surface area contributed by atoms with Crippen LogP contribution in [-0.4, -0.2) is 10.5 Å². The third-order valence-corrected chi connectivity index (χ3v) is 6.22. The minimum absolute atomic E-state index is 0.270. The molecule has 0 saturated carbocycles. The Bertz CT molecular complexity index is 327. The zero-order chi connectivity index (χ0) is 15.2. The largest absolute Gasteiger partial charge is 0.556 e. The van der Waals surface area contributed by atoms with Crippen LogP contribution in [0.2, 0.25) is 0 Å². The molecule has 0 aromatic carbocycles. The number of allylic oxidation sites excluding steroid dienone is 2. The zero-order valence-corrected chi connectivity index (χ0v) is 16.8.